The third kappa shape index (κ3) is 2.81. The molecule has 0 fully saturated rings. The van der Waals surface area contributed by atoms with E-state index in [1.54, 1.807) is 4.68 Å². The Labute approximate surface area is 123 Å². The summed E-state index contributed by atoms with van der Waals surface area (Å²) < 4.78 is 1.70. The van der Waals surface area contributed by atoms with Crippen LogP contribution in [-0.2, 0) is 18.3 Å². The molecule has 1 aromatic carbocycles. The molecule has 0 aliphatic carbocycles. The quantitative estimate of drug-likeness (QED) is 0.773. The van der Waals surface area contributed by atoms with Gasteiger partial charge in [0.15, 0.2) is 0 Å². The number of para-hydroxylation sites is 1. The number of amides is 1. The van der Waals surface area contributed by atoms with Crippen LogP contribution in [0.1, 0.15) is 17.7 Å². The fourth-order valence-corrected chi connectivity index (χ4v) is 2.52. The maximum atomic E-state index is 12.0. The van der Waals surface area contributed by atoms with Crippen LogP contribution in [0.5, 0.6) is 0 Å². The Morgan fingerprint density at radius 1 is 1.38 bits per heavy atom. The zero-order valence-electron chi connectivity index (χ0n) is 12.2. The van der Waals surface area contributed by atoms with Gasteiger partial charge in [-0.15, -0.1) is 0 Å². The van der Waals surface area contributed by atoms with E-state index in [9.17, 15) is 4.79 Å². The maximum absolute atomic E-state index is 12.0. The van der Waals surface area contributed by atoms with E-state index >= 15 is 0 Å². The van der Waals surface area contributed by atoms with Gasteiger partial charge in [0, 0.05) is 36.8 Å². The van der Waals surface area contributed by atoms with Crippen LogP contribution in [0.2, 0.25) is 0 Å². The second-order valence-electron chi connectivity index (χ2n) is 5.21. The molecule has 0 bridgehead atoms. The minimum absolute atomic E-state index is 0.0105. The second kappa shape index (κ2) is 5.44. The molecule has 0 saturated carbocycles. The van der Waals surface area contributed by atoms with Gasteiger partial charge in [0.2, 0.25) is 5.91 Å². The van der Waals surface area contributed by atoms with Gasteiger partial charge in [0.05, 0.1) is 11.4 Å². The Hall–Kier alpha value is -2.56. The molecule has 5 heteroatoms. The lowest BCUT2D eigenvalue weighted by Gasteiger charge is -2.03. The largest absolute Gasteiger partial charge is 0.361 e. The predicted octanol–water partition coefficient (Wildman–Crippen LogP) is 2.78. The third-order valence-electron chi connectivity index (χ3n) is 3.58. The highest BCUT2D eigenvalue weighted by molar-refractivity contribution is 5.92. The van der Waals surface area contributed by atoms with Crippen molar-refractivity contribution in [1.29, 1.82) is 0 Å². The van der Waals surface area contributed by atoms with Gasteiger partial charge in [-0.2, -0.15) is 5.10 Å². The molecule has 3 rings (SSSR count). The Morgan fingerprint density at radius 3 is 2.95 bits per heavy atom. The molecule has 0 spiro atoms. The van der Waals surface area contributed by atoms with Crippen LogP contribution in [0, 0.1) is 6.92 Å². The molecule has 0 aliphatic heterocycles. The SMILES string of the molecule is Cc1nn(C)cc1NC(=O)CCc1c[nH]c2ccccc12. The van der Waals surface area contributed by atoms with E-state index in [-0.39, 0.29) is 5.91 Å². The molecular weight excluding hydrogens is 264 g/mol. The number of carbonyl (C=O) groups is 1. The van der Waals surface area contributed by atoms with E-state index in [0.717, 1.165) is 23.3 Å². The van der Waals surface area contributed by atoms with Crippen molar-refractivity contribution < 1.29 is 4.79 Å². The van der Waals surface area contributed by atoms with Gasteiger partial charge >= 0.3 is 0 Å². The molecule has 0 aliphatic rings. The van der Waals surface area contributed by atoms with Crippen molar-refractivity contribution in [2.45, 2.75) is 19.8 Å². The van der Waals surface area contributed by atoms with Crippen molar-refractivity contribution >= 4 is 22.5 Å². The first kappa shape index (κ1) is 13.4. The highest BCUT2D eigenvalue weighted by Crippen LogP contribution is 2.19. The summed E-state index contributed by atoms with van der Waals surface area (Å²) in [5.41, 5.74) is 3.89. The minimum Gasteiger partial charge on any atom is -0.361 e. The Morgan fingerprint density at radius 2 is 2.19 bits per heavy atom. The average Bonchev–Trinajstić information content (AvgIpc) is 3.00. The molecule has 0 atom stereocenters. The van der Waals surface area contributed by atoms with Gasteiger partial charge in [-0.25, -0.2) is 0 Å². The van der Waals surface area contributed by atoms with Crippen molar-refractivity contribution in [1.82, 2.24) is 14.8 Å². The van der Waals surface area contributed by atoms with Crippen molar-refractivity contribution in [3.05, 3.63) is 47.9 Å². The van der Waals surface area contributed by atoms with Gasteiger partial charge in [-0.1, -0.05) is 18.2 Å². The summed E-state index contributed by atoms with van der Waals surface area (Å²) in [5.74, 6) is 0.0105. The van der Waals surface area contributed by atoms with E-state index in [0.29, 0.717) is 6.42 Å². The van der Waals surface area contributed by atoms with E-state index in [2.05, 4.69) is 21.5 Å². The number of aromatic amines is 1. The normalized spacial score (nSPS) is 11.0. The number of nitrogens with one attached hydrogen (secondary N) is 2. The molecule has 0 saturated heterocycles. The second-order valence-corrected chi connectivity index (χ2v) is 5.21. The highest BCUT2D eigenvalue weighted by atomic mass is 16.1. The van der Waals surface area contributed by atoms with E-state index in [4.69, 9.17) is 0 Å². The fourth-order valence-electron chi connectivity index (χ4n) is 2.52. The average molecular weight is 282 g/mol. The van der Waals surface area contributed by atoms with Gasteiger partial charge in [-0.05, 0) is 25.0 Å². The third-order valence-corrected chi connectivity index (χ3v) is 3.58. The molecule has 5 nitrogen and oxygen atoms in total. The summed E-state index contributed by atoms with van der Waals surface area (Å²) >= 11 is 0. The smallest absolute Gasteiger partial charge is 0.224 e. The number of nitrogens with zero attached hydrogens (tertiary/aromatic N) is 2. The number of aromatic nitrogens is 3. The van der Waals surface area contributed by atoms with Gasteiger partial charge in [0.25, 0.3) is 0 Å². The van der Waals surface area contributed by atoms with Crippen molar-refractivity contribution in [2.24, 2.45) is 7.05 Å². The number of aryl methyl sites for hydroxylation is 3. The highest BCUT2D eigenvalue weighted by Gasteiger charge is 2.09. The predicted molar refractivity (Wildman–Crippen MR) is 83.2 cm³/mol. The number of benzene rings is 1. The number of fused-ring (bicyclic) bond motifs is 1. The van der Waals surface area contributed by atoms with Crippen LogP contribution >= 0.6 is 0 Å². The maximum Gasteiger partial charge on any atom is 0.224 e. The topological polar surface area (TPSA) is 62.7 Å². The molecule has 108 valence electrons. The standard InChI is InChI=1S/C16H18N4O/c1-11-15(10-20(2)19-11)18-16(21)8-7-12-9-17-14-6-4-3-5-13(12)14/h3-6,9-10,17H,7-8H2,1-2H3,(H,18,21). The number of carbonyl (C=O) groups excluding carboxylic acids is 1. The Bertz CT molecular complexity index is 785. The summed E-state index contributed by atoms with van der Waals surface area (Å²) in [4.78, 5) is 15.3. The number of hydrogen-bond acceptors (Lipinski definition) is 2. The minimum atomic E-state index is 0.0105. The summed E-state index contributed by atoms with van der Waals surface area (Å²) in [7, 11) is 1.84. The molecule has 21 heavy (non-hydrogen) atoms. The summed E-state index contributed by atoms with van der Waals surface area (Å²) in [6.07, 6.45) is 4.97. The van der Waals surface area contributed by atoms with E-state index in [1.807, 2.05) is 44.6 Å². The lowest BCUT2D eigenvalue weighted by Crippen LogP contribution is -2.12. The molecule has 2 N–H and O–H groups in total. The number of H-pyrrole nitrogens is 1. The van der Waals surface area contributed by atoms with Crippen molar-refractivity contribution in [3.63, 3.8) is 0 Å². The lowest BCUT2D eigenvalue weighted by molar-refractivity contribution is -0.116. The Kier molecular flexibility index (Phi) is 3.48. The summed E-state index contributed by atoms with van der Waals surface area (Å²) in [6.45, 7) is 1.88. The first-order valence-electron chi connectivity index (χ1n) is 6.98. The number of rotatable bonds is 4. The van der Waals surface area contributed by atoms with Crippen LogP contribution in [0.25, 0.3) is 10.9 Å². The molecule has 2 aromatic heterocycles. The molecule has 3 aromatic rings. The van der Waals surface area contributed by atoms with Gasteiger partial charge in [-0.3, -0.25) is 9.48 Å². The first-order valence-corrected chi connectivity index (χ1v) is 6.98. The van der Waals surface area contributed by atoms with Crippen LogP contribution in [0.4, 0.5) is 5.69 Å². The van der Waals surface area contributed by atoms with Gasteiger partial charge < -0.3 is 10.3 Å². The van der Waals surface area contributed by atoms with Crippen LogP contribution < -0.4 is 5.32 Å². The monoisotopic (exact) mass is 282 g/mol. The lowest BCUT2D eigenvalue weighted by atomic mass is 10.1. The summed E-state index contributed by atoms with van der Waals surface area (Å²) in [6, 6.07) is 8.13. The number of anilines is 1. The molecule has 0 radical (unpaired) electrons. The molecular formula is C16H18N4O. The summed E-state index contributed by atoms with van der Waals surface area (Å²) in [5, 5.41) is 8.30. The zero-order chi connectivity index (χ0) is 14.8. The first-order chi connectivity index (χ1) is 10.1. The Balaban J connectivity index is 1.65. The molecule has 1 amide bonds. The number of hydrogen-bond donors (Lipinski definition) is 2. The van der Waals surface area contributed by atoms with E-state index < -0.39 is 0 Å². The fraction of sp³-hybridized carbons (Fsp3) is 0.250. The van der Waals surface area contributed by atoms with Crippen LogP contribution in [-0.4, -0.2) is 20.7 Å². The van der Waals surface area contributed by atoms with Crippen LogP contribution in [0.15, 0.2) is 36.7 Å². The zero-order valence-corrected chi connectivity index (χ0v) is 12.2. The van der Waals surface area contributed by atoms with Crippen molar-refractivity contribution in [2.75, 3.05) is 5.32 Å². The van der Waals surface area contributed by atoms with E-state index in [1.165, 1.54) is 10.9 Å². The van der Waals surface area contributed by atoms with Crippen LogP contribution in [0.3, 0.4) is 0 Å². The van der Waals surface area contributed by atoms with Gasteiger partial charge in [0.1, 0.15) is 0 Å². The molecule has 2 heterocycles. The molecule has 0 unspecified atom stereocenters. The van der Waals surface area contributed by atoms with Crippen molar-refractivity contribution in [3.8, 4) is 0 Å².